The average molecular weight is 484 g/mol. The third-order valence-electron chi connectivity index (χ3n) is 5.28. The molecule has 0 saturated carbocycles. The molecular weight excluding hydrogens is 461 g/mol. The van der Waals surface area contributed by atoms with Gasteiger partial charge in [0.1, 0.15) is 0 Å². The second-order valence-corrected chi connectivity index (χ2v) is 9.70. The molecule has 0 radical (unpaired) electrons. The van der Waals surface area contributed by atoms with E-state index in [0.29, 0.717) is 10.6 Å². The van der Waals surface area contributed by atoms with Crippen LogP contribution in [0.25, 0.3) is 16.7 Å². The minimum absolute atomic E-state index is 0.111. The first kappa shape index (κ1) is 22.9. The number of hydrogen-bond donors (Lipinski definition) is 0. The number of aromatic nitrogens is 1. The van der Waals surface area contributed by atoms with Gasteiger partial charge in [-0.25, -0.2) is 4.31 Å². The Morgan fingerprint density at radius 1 is 1.00 bits per heavy atom. The Morgan fingerprint density at radius 2 is 1.78 bits per heavy atom. The van der Waals surface area contributed by atoms with Gasteiger partial charge in [0.2, 0.25) is 0 Å². The molecule has 3 aromatic rings. The van der Waals surface area contributed by atoms with Crippen LogP contribution in [-0.2, 0) is 0 Å². The van der Waals surface area contributed by atoms with E-state index in [1.54, 1.807) is 32.1 Å². The van der Waals surface area contributed by atoms with Crippen molar-refractivity contribution in [2.75, 3.05) is 27.2 Å². The van der Waals surface area contributed by atoms with Gasteiger partial charge in [-0.2, -0.15) is 0 Å². The number of halogens is 2. The van der Waals surface area contributed by atoms with Crippen LogP contribution in [0.4, 0.5) is 0 Å². The molecule has 2 heterocycles. The molecule has 1 amide bonds. The second kappa shape index (κ2) is 10.1. The summed E-state index contributed by atoms with van der Waals surface area (Å²) in [7, 11) is 3.43. The van der Waals surface area contributed by atoms with Gasteiger partial charge in [-0.05, 0) is 65.4 Å². The highest BCUT2D eigenvalue weighted by atomic mass is 35.5. The minimum atomic E-state index is -0.111. The molecular formula is C25H23Cl2N3OS. The van der Waals surface area contributed by atoms with E-state index in [1.165, 1.54) is 10.5 Å². The van der Waals surface area contributed by atoms with Crippen molar-refractivity contribution in [1.82, 2.24) is 14.2 Å². The SMILES string of the molecule is CN(C)C(=O)c1ccc(-c2cncc(C3=CCN(Sc4ccccc4Cl)CC3)c2)cc1Cl. The fourth-order valence-corrected chi connectivity index (χ4v) is 4.94. The molecule has 0 unspecified atom stereocenters. The molecule has 164 valence electrons. The van der Waals surface area contributed by atoms with Gasteiger partial charge >= 0.3 is 0 Å². The van der Waals surface area contributed by atoms with Crippen LogP contribution in [-0.4, -0.2) is 47.3 Å². The molecule has 1 aliphatic rings. The molecule has 0 fully saturated rings. The second-order valence-electron chi connectivity index (χ2n) is 7.75. The number of carbonyl (C=O) groups is 1. The molecule has 32 heavy (non-hydrogen) atoms. The van der Waals surface area contributed by atoms with Gasteiger partial charge in [0.25, 0.3) is 5.91 Å². The monoisotopic (exact) mass is 483 g/mol. The molecule has 2 aromatic carbocycles. The predicted molar refractivity (Wildman–Crippen MR) is 134 cm³/mol. The van der Waals surface area contributed by atoms with Gasteiger partial charge in [0.05, 0.1) is 15.6 Å². The zero-order valence-corrected chi connectivity index (χ0v) is 20.2. The van der Waals surface area contributed by atoms with Crippen LogP contribution in [0.3, 0.4) is 0 Å². The van der Waals surface area contributed by atoms with E-state index in [4.69, 9.17) is 23.2 Å². The predicted octanol–water partition coefficient (Wildman–Crippen LogP) is 6.55. The summed E-state index contributed by atoms with van der Waals surface area (Å²) in [6, 6.07) is 15.6. The van der Waals surface area contributed by atoms with Crippen molar-refractivity contribution in [2.24, 2.45) is 0 Å². The fraction of sp³-hybridized carbons (Fsp3) is 0.200. The summed E-state index contributed by atoms with van der Waals surface area (Å²) in [6.07, 6.45) is 6.91. The molecule has 0 N–H and O–H groups in total. The molecule has 0 bridgehead atoms. The Labute approximate surface area is 203 Å². The van der Waals surface area contributed by atoms with E-state index in [2.05, 4.69) is 21.4 Å². The molecule has 1 aliphatic heterocycles. The number of carbonyl (C=O) groups excluding carboxylic acids is 1. The topological polar surface area (TPSA) is 36.4 Å². The van der Waals surface area contributed by atoms with Crippen molar-refractivity contribution >= 4 is 46.6 Å². The maximum absolute atomic E-state index is 12.2. The van der Waals surface area contributed by atoms with Crippen molar-refractivity contribution in [3.05, 3.63) is 88.2 Å². The molecule has 0 saturated heterocycles. The Kier molecular flexibility index (Phi) is 7.21. The van der Waals surface area contributed by atoms with E-state index in [9.17, 15) is 4.79 Å². The van der Waals surface area contributed by atoms with Gasteiger partial charge < -0.3 is 4.90 Å². The normalized spacial score (nSPS) is 14.2. The van der Waals surface area contributed by atoms with E-state index in [-0.39, 0.29) is 5.91 Å². The molecule has 0 atom stereocenters. The molecule has 4 rings (SSSR count). The summed E-state index contributed by atoms with van der Waals surface area (Å²) in [5, 5.41) is 1.22. The zero-order valence-electron chi connectivity index (χ0n) is 17.9. The van der Waals surface area contributed by atoms with Crippen molar-refractivity contribution in [3.8, 4) is 11.1 Å². The highest BCUT2D eigenvalue weighted by Gasteiger charge is 2.17. The van der Waals surface area contributed by atoms with E-state index >= 15 is 0 Å². The van der Waals surface area contributed by atoms with Crippen LogP contribution >= 0.6 is 35.1 Å². The summed E-state index contributed by atoms with van der Waals surface area (Å²) in [6.45, 7) is 1.77. The number of rotatable bonds is 5. The highest BCUT2D eigenvalue weighted by molar-refractivity contribution is 7.97. The summed E-state index contributed by atoms with van der Waals surface area (Å²) >= 11 is 14.4. The van der Waals surface area contributed by atoms with Crippen molar-refractivity contribution in [3.63, 3.8) is 0 Å². The van der Waals surface area contributed by atoms with Crippen LogP contribution in [0.5, 0.6) is 0 Å². The lowest BCUT2D eigenvalue weighted by Crippen LogP contribution is -2.22. The smallest absolute Gasteiger partial charge is 0.254 e. The van der Waals surface area contributed by atoms with Gasteiger partial charge in [-0.1, -0.05) is 47.5 Å². The van der Waals surface area contributed by atoms with Gasteiger partial charge in [0, 0.05) is 50.0 Å². The van der Waals surface area contributed by atoms with E-state index < -0.39 is 0 Å². The summed E-state index contributed by atoms with van der Waals surface area (Å²) in [5.74, 6) is -0.111. The van der Waals surface area contributed by atoms with Crippen LogP contribution in [0, 0.1) is 0 Å². The molecule has 0 aliphatic carbocycles. The Hall–Kier alpha value is -2.31. The standard InChI is InChI=1S/C25H23Cl2N3OS/c1-29(2)25(31)21-8-7-18(14-23(21)27)20-13-19(15-28-16-20)17-9-11-30(12-10-17)32-24-6-4-3-5-22(24)26/h3-9,13-16H,10-12H2,1-2H3. The van der Waals surface area contributed by atoms with Crippen LogP contribution in [0.15, 0.2) is 71.9 Å². The Morgan fingerprint density at radius 3 is 2.47 bits per heavy atom. The minimum Gasteiger partial charge on any atom is -0.345 e. The quantitative estimate of drug-likeness (QED) is 0.385. The Bertz CT molecular complexity index is 1180. The molecule has 7 heteroatoms. The van der Waals surface area contributed by atoms with E-state index in [0.717, 1.165) is 46.1 Å². The zero-order chi connectivity index (χ0) is 22.7. The first-order chi connectivity index (χ1) is 15.4. The van der Waals surface area contributed by atoms with Crippen LogP contribution in [0.1, 0.15) is 22.3 Å². The number of nitrogens with zero attached hydrogens (tertiary/aromatic N) is 3. The number of pyridine rings is 1. The fourth-order valence-electron chi connectivity index (χ4n) is 3.54. The highest BCUT2D eigenvalue weighted by Crippen LogP contribution is 2.34. The van der Waals surface area contributed by atoms with Crippen molar-refractivity contribution in [2.45, 2.75) is 11.3 Å². The maximum Gasteiger partial charge on any atom is 0.254 e. The number of benzene rings is 2. The molecule has 1 aromatic heterocycles. The van der Waals surface area contributed by atoms with E-state index in [1.807, 2.05) is 48.8 Å². The molecule has 4 nitrogen and oxygen atoms in total. The first-order valence-corrected chi connectivity index (χ1v) is 11.8. The lowest BCUT2D eigenvalue weighted by molar-refractivity contribution is 0.0828. The number of amides is 1. The Balaban J connectivity index is 1.50. The van der Waals surface area contributed by atoms with Crippen molar-refractivity contribution < 1.29 is 4.79 Å². The maximum atomic E-state index is 12.2. The lowest BCUT2D eigenvalue weighted by Gasteiger charge is -2.25. The lowest BCUT2D eigenvalue weighted by atomic mass is 9.98. The first-order valence-electron chi connectivity index (χ1n) is 10.3. The van der Waals surface area contributed by atoms with Gasteiger partial charge in [0.15, 0.2) is 0 Å². The summed E-state index contributed by atoms with van der Waals surface area (Å²) < 4.78 is 2.31. The molecule has 0 spiro atoms. The van der Waals surface area contributed by atoms with Crippen molar-refractivity contribution in [1.29, 1.82) is 0 Å². The average Bonchev–Trinajstić information content (AvgIpc) is 2.80. The van der Waals surface area contributed by atoms with Crippen LogP contribution in [0.2, 0.25) is 10.0 Å². The number of hydrogen-bond acceptors (Lipinski definition) is 4. The third-order valence-corrected chi connectivity index (χ3v) is 7.18. The van der Waals surface area contributed by atoms with Gasteiger partial charge in [-0.15, -0.1) is 0 Å². The third kappa shape index (κ3) is 5.18. The summed E-state index contributed by atoms with van der Waals surface area (Å²) in [4.78, 5) is 19.3. The van der Waals surface area contributed by atoms with Gasteiger partial charge in [-0.3, -0.25) is 9.78 Å². The largest absolute Gasteiger partial charge is 0.345 e. The van der Waals surface area contributed by atoms with Crippen LogP contribution < -0.4 is 0 Å². The summed E-state index contributed by atoms with van der Waals surface area (Å²) in [5.41, 5.74) is 4.79.